The molecule has 0 saturated carbocycles. The molecule has 0 bridgehead atoms. The van der Waals surface area contributed by atoms with Crippen LogP contribution < -0.4 is 5.32 Å². The van der Waals surface area contributed by atoms with Crippen LogP contribution in [-0.4, -0.2) is 136 Å². The van der Waals surface area contributed by atoms with Gasteiger partial charge in [-0.15, -0.1) is 5.01 Å². The summed E-state index contributed by atoms with van der Waals surface area (Å²) >= 11 is 8.70. The molecule has 0 aliphatic carbocycles. The van der Waals surface area contributed by atoms with Crippen molar-refractivity contribution in [1.29, 1.82) is 0 Å². The number of rotatable bonds is 25. The quantitative estimate of drug-likeness (QED) is 0.0283. The largest absolute Gasteiger partial charge is 0.569 e. The van der Waals surface area contributed by atoms with Crippen molar-refractivity contribution in [2.24, 2.45) is 25.2 Å². The number of carboxylic acid groups (broad SMARTS) is 1. The lowest BCUT2D eigenvalue weighted by molar-refractivity contribution is -0.707. The maximum Gasteiger partial charge on any atom is 0.333 e. The fraction of sp³-hybridized carbons (Fsp3) is 0.885. The van der Waals surface area contributed by atoms with Crippen LogP contribution in [-0.2, 0) is 87.4 Å². The lowest BCUT2D eigenvalue weighted by Crippen LogP contribution is -2.62. The Morgan fingerprint density at radius 2 is 1.25 bits per heavy atom. The van der Waals surface area contributed by atoms with E-state index < -0.39 is 67.9 Å². The number of esters is 2. The van der Waals surface area contributed by atoms with Gasteiger partial charge in [0.25, 0.3) is 0 Å². The Morgan fingerprint density at radius 1 is 0.766 bits per heavy atom. The first-order valence-electron chi connectivity index (χ1n) is 26.3. The van der Waals surface area contributed by atoms with Gasteiger partial charge in [-0.3, -0.25) is 19.2 Å². The average Bonchev–Trinajstić information content (AvgIpc) is 3.75. The van der Waals surface area contributed by atoms with Crippen LogP contribution in [0, 0.1) is 16.0 Å². The summed E-state index contributed by atoms with van der Waals surface area (Å²) in [6, 6.07) is -2.14. The van der Waals surface area contributed by atoms with E-state index in [1.54, 1.807) is 74.2 Å². The molecule has 1 fully saturated rings. The third-order valence-corrected chi connectivity index (χ3v) is 11.7. The molecule has 2 unspecified atom stereocenters. The lowest BCUT2D eigenvalue weighted by atomic mass is 9.88. The second-order valence-electron chi connectivity index (χ2n) is 24.4. The van der Waals surface area contributed by atoms with Gasteiger partial charge >= 0.3 is 17.9 Å². The summed E-state index contributed by atoms with van der Waals surface area (Å²) in [5.41, 5.74) is -3.36. The number of unbranched alkanes of at least 4 members (excludes halogenated alkanes) is 4. The number of ketones is 1. The number of ether oxygens (including phenoxy) is 2. The Kier molecular flexibility index (Phi) is 38.5. The fourth-order valence-electron chi connectivity index (χ4n) is 6.72. The van der Waals surface area contributed by atoms with Crippen LogP contribution in [0.5, 0.6) is 0 Å². The maximum absolute atomic E-state index is 11.8. The van der Waals surface area contributed by atoms with Gasteiger partial charge in [-0.25, -0.2) is 18.0 Å². The first-order valence-corrected chi connectivity index (χ1v) is 28.8. The van der Waals surface area contributed by atoms with Crippen molar-refractivity contribution in [1.82, 2.24) is 15.2 Å². The second-order valence-corrected chi connectivity index (χ2v) is 26.9. The van der Waals surface area contributed by atoms with E-state index in [0.717, 1.165) is 58.0 Å². The van der Waals surface area contributed by atoms with Gasteiger partial charge in [0.05, 0.1) is 54.8 Å². The molecule has 1 saturated heterocycles. The monoisotopic (exact) mass is 1160 g/mol. The van der Waals surface area contributed by atoms with E-state index in [2.05, 4.69) is 72.2 Å². The standard InChI is InChI=1S/C11H20N2O4S.C11H22O4S.C11H22O.C10H18N2O4S.C9H19N3O2/c1-7(14)13(10(2,3)4)8(9(15)16)11(5,6)17-12-18;1-5-6-7-8-16(13,14)9-10(12)15-11(2,3)4;1-5-6-7-8-10(12)9-11(2,3)4;1-6(2)15-9(14)8(11-7(3)13)10(4,5)16-12-17;1-9(2,3)8-14-10-12(13)11-6-4-5-7-11/h8H,1-6H3,(H,15,16);5-9H2,1-4H3;5-9H2,1-4H3;6,8H,1-5H3,(H,11,13);4-8H2,1-3H3/b;;;;12-10-. The lowest BCUT2D eigenvalue weighted by Gasteiger charge is -2.44. The number of sulfone groups is 1. The number of nitrogens with one attached hydrogen (secondary N) is 1. The summed E-state index contributed by atoms with van der Waals surface area (Å²) in [4.78, 5) is 85.4. The normalized spacial score (nSPS) is 13.9. The van der Waals surface area contributed by atoms with Crippen LogP contribution >= 0.6 is 0 Å². The number of nitrogens with zero attached hydrogens (tertiary/aromatic N) is 6. The minimum absolute atomic E-state index is 0.0371. The molecule has 0 spiro atoms. The van der Waals surface area contributed by atoms with E-state index in [9.17, 15) is 47.5 Å². The van der Waals surface area contributed by atoms with E-state index in [1.807, 2.05) is 27.7 Å². The van der Waals surface area contributed by atoms with Crippen LogP contribution in [0.15, 0.2) is 14.3 Å². The van der Waals surface area contributed by atoms with E-state index in [0.29, 0.717) is 23.8 Å². The zero-order chi connectivity index (χ0) is 61.4. The van der Waals surface area contributed by atoms with E-state index in [1.165, 1.54) is 45.4 Å². The highest BCUT2D eigenvalue weighted by Gasteiger charge is 2.47. The number of amides is 2. The molecule has 77 heavy (non-hydrogen) atoms. The summed E-state index contributed by atoms with van der Waals surface area (Å²) < 4.78 is 39.2. The highest BCUT2D eigenvalue weighted by Crippen LogP contribution is 2.28. The predicted octanol–water partition coefficient (Wildman–Crippen LogP) is 9.85. The van der Waals surface area contributed by atoms with Crippen LogP contribution in [0.25, 0.3) is 0 Å². The van der Waals surface area contributed by atoms with Crippen LogP contribution in [0.2, 0.25) is 0 Å². The number of carboxylic acids is 1. The number of carbonyl (C=O) groups is 6. The van der Waals surface area contributed by atoms with Crippen molar-refractivity contribution in [3.8, 4) is 0 Å². The Bertz CT molecular complexity index is 1930. The third kappa shape index (κ3) is 43.2. The second kappa shape index (κ2) is 37.5. The van der Waals surface area contributed by atoms with Crippen molar-refractivity contribution >= 4 is 70.2 Å². The smallest absolute Gasteiger partial charge is 0.333 e. The number of hydrogen-bond acceptors (Lipinski definition) is 19. The first kappa shape index (κ1) is 79.1. The molecule has 2 atom stereocenters. The van der Waals surface area contributed by atoms with Crippen molar-refractivity contribution < 1.29 is 71.2 Å². The van der Waals surface area contributed by atoms with Gasteiger partial charge in [0.2, 0.25) is 17.1 Å². The van der Waals surface area contributed by atoms with E-state index in [4.69, 9.17) is 24.0 Å². The summed E-state index contributed by atoms with van der Waals surface area (Å²) in [5.74, 6) is -3.14. The molecule has 0 aromatic rings. The van der Waals surface area contributed by atoms with Crippen molar-refractivity contribution in [3.63, 3.8) is 0 Å². The third-order valence-electron chi connectivity index (χ3n) is 9.94. The Morgan fingerprint density at radius 3 is 1.62 bits per heavy atom. The molecular weight excluding hydrogens is 1060 g/mol. The molecule has 452 valence electrons. The van der Waals surface area contributed by atoms with Crippen molar-refractivity contribution in [3.05, 3.63) is 5.21 Å². The topological polar surface area (TPSA) is 285 Å². The maximum atomic E-state index is 11.8. The average molecular weight is 1160 g/mol. The summed E-state index contributed by atoms with van der Waals surface area (Å²) in [5, 5.41) is 28.3. The summed E-state index contributed by atoms with van der Waals surface area (Å²) in [7, 11) is -3.30. The van der Waals surface area contributed by atoms with Gasteiger partial charge in [0, 0.05) is 32.2 Å². The van der Waals surface area contributed by atoms with Gasteiger partial charge in [0.1, 0.15) is 23.7 Å². The van der Waals surface area contributed by atoms with Crippen molar-refractivity contribution in [2.45, 2.75) is 257 Å². The Balaban J connectivity index is -0.000000435. The fourth-order valence-corrected chi connectivity index (χ4v) is 8.31. The molecular formula is C52H101N7O15S3. The molecule has 1 aliphatic heterocycles. The van der Waals surface area contributed by atoms with E-state index in [-0.39, 0.29) is 34.5 Å². The van der Waals surface area contributed by atoms with Gasteiger partial charge < -0.3 is 44.5 Å². The molecule has 22 nitrogen and oxygen atoms in total. The molecule has 0 aromatic carbocycles. The molecule has 2 N–H and O–H groups in total. The minimum Gasteiger partial charge on any atom is -0.569 e. The van der Waals surface area contributed by atoms with Gasteiger partial charge in [0.15, 0.2) is 33.1 Å². The molecule has 2 amide bonds. The molecule has 0 aromatic heterocycles. The number of Topliss-reactive ketones (excluding diaryl/α,β-unsaturated/α-hetero) is 1. The molecule has 1 aliphatic rings. The van der Waals surface area contributed by atoms with Gasteiger partial charge in [-0.2, -0.15) is 0 Å². The molecule has 0 radical (unpaired) electrons. The molecule has 1 heterocycles. The van der Waals surface area contributed by atoms with E-state index >= 15 is 0 Å². The first-order chi connectivity index (χ1) is 34.8. The summed E-state index contributed by atoms with van der Waals surface area (Å²) in [6.45, 7) is 41.4. The minimum atomic E-state index is -3.30. The van der Waals surface area contributed by atoms with Gasteiger partial charge in [-0.1, -0.05) is 81.1 Å². The number of carbonyl (C=O) groups excluding carboxylic acids is 5. The van der Waals surface area contributed by atoms with Crippen molar-refractivity contribution in [2.75, 3.05) is 31.2 Å². The molecule has 1 rings (SSSR count). The highest BCUT2D eigenvalue weighted by atomic mass is 32.2. The summed E-state index contributed by atoms with van der Waals surface area (Å²) in [6.07, 6.45) is 9.26. The number of aliphatic carboxylic acids is 1. The van der Waals surface area contributed by atoms with Crippen LogP contribution in [0.3, 0.4) is 0 Å². The zero-order valence-corrected chi connectivity index (χ0v) is 53.4. The number of hydrazine groups is 1. The Labute approximate surface area is 473 Å². The van der Waals surface area contributed by atoms with Crippen LogP contribution in [0.1, 0.15) is 217 Å². The predicted molar refractivity (Wildman–Crippen MR) is 302 cm³/mol. The Hall–Kier alpha value is -4.39. The molecule has 25 heteroatoms. The SMILES string of the molecule is CC(=O)N(C(C(=O)O)C(C)(C)ON=S)C(C)(C)C.CC(=O)NC(C(=O)OC(C)C)C(C)(C)ON=S.CC(C)(C)CO/N=[N+](\[O-])N1CCCC1.CCCCCC(=O)CC(C)(C)C.CCCCCS(=O)(=O)CC(=O)OC(C)(C)C. The zero-order valence-electron chi connectivity index (χ0n) is 50.9. The van der Waals surface area contributed by atoms with Gasteiger partial charge in [-0.05, 0) is 129 Å². The number of hydrogen-bond donors (Lipinski definition) is 2. The van der Waals surface area contributed by atoms with Crippen LogP contribution in [0.4, 0.5) is 0 Å². The highest BCUT2D eigenvalue weighted by molar-refractivity contribution is 7.92.